The summed E-state index contributed by atoms with van der Waals surface area (Å²) in [6, 6.07) is 10.7. The van der Waals surface area contributed by atoms with Gasteiger partial charge in [-0.25, -0.2) is 0 Å². The third kappa shape index (κ3) is 1.82. The summed E-state index contributed by atoms with van der Waals surface area (Å²) in [6.07, 6.45) is 8.31. The standard InChI is InChI=1S/C20H24O2/c1-2-6-17-14-9-19(16-7-4-3-5-8-16)10-15(17)12-20(11-14,13-19)18(21)22/h3-8,14-15H,2,9-13H2,1H3,(H,21,22). The molecule has 0 saturated heterocycles. The quantitative estimate of drug-likeness (QED) is 0.830. The zero-order chi connectivity index (χ0) is 15.4. The van der Waals surface area contributed by atoms with Crippen LogP contribution in [0.25, 0.3) is 0 Å². The molecule has 0 radical (unpaired) electrons. The Morgan fingerprint density at radius 1 is 1.18 bits per heavy atom. The summed E-state index contributed by atoms with van der Waals surface area (Å²) in [5.74, 6) is 0.410. The van der Waals surface area contributed by atoms with E-state index in [9.17, 15) is 9.90 Å². The van der Waals surface area contributed by atoms with Crippen molar-refractivity contribution in [2.75, 3.05) is 0 Å². The molecule has 1 N–H and O–H groups in total. The second-order valence-electron chi connectivity index (χ2n) is 7.73. The van der Waals surface area contributed by atoms with E-state index in [4.69, 9.17) is 0 Å². The van der Waals surface area contributed by atoms with Gasteiger partial charge in [-0.05, 0) is 61.3 Å². The number of rotatable bonds is 3. The molecule has 116 valence electrons. The molecule has 2 atom stereocenters. The second kappa shape index (κ2) is 4.71. The molecule has 4 bridgehead atoms. The van der Waals surface area contributed by atoms with Gasteiger partial charge in [0.25, 0.3) is 0 Å². The van der Waals surface area contributed by atoms with Crippen molar-refractivity contribution in [1.82, 2.24) is 0 Å². The number of hydrogen-bond donors (Lipinski definition) is 1. The van der Waals surface area contributed by atoms with E-state index < -0.39 is 11.4 Å². The zero-order valence-corrected chi connectivity index (χ0v) is 13.2. The molecular weight excluding hydrogens is 272 g/mol. The number of benzene rings is 1. The van der Waals surface area contributed by atoms with Crippen LogP contribution in [0.5, 0.6) is 0 Å². The van der Waals surface area contributed by atoms with Gasteiger partial charge >= 0.3 is 5.97 Å². The monoisotopic (exact) mass is 296 g/mol. The first kappa shape index (κ1) is 14.0. The van der Waals surface area contributed by atoms with Gasteiger partial charge in [-0.15, -0.1) is 0 Å². The first-order valence-corrected chi connectivity index (χ1v) is 8.57. The molecule has 0 amide bonds. The van der Waals surface area contributed by atoms with Crippen LogP contribution in [-0.2, 0) is 10.2 Å². The van der Waals surface area contributed by atoms with Gasteiger partial charge in [0.1, 0.15) is 0 Å². The van der Waals surface area contributed by atoms with Gasteiger partial charge in [0.05, 0.1) is 5.41 Å². The lowest BCUT2D eigenvalue weighted by Gasteiger charge is -2.62. The van der Waals surface area contributed by atoms with E-state index in [0.717, 1.165) is 38.5 Å². The van der Waals surface area contributed by atoms with Crippen LogP contribution in [0.15, 0.2) is 42.0 Å². The maximum atomic E-state index is 12.1. The van der Waals surface area contributed by atoms with Gasteiger partial charge in [-0.3, -0.25) is 4.79 Å². The van der Waals surface area contributed by atoms with Crippen molar-refractivity contribution in [2.45, 2.75) is 50.9 Å². The molecule has 0 aromatic heterocycles. The second-order valence-corrected chi connectivity index (χ2v) is 7.73. The largest absolute Gasteiger partial charge is 0.481 e. The van der Waals surface area contributed by atoms with Crippen molar-refractivity contribution < 1.29 is 9.90 Å². The molecule has 4 saturated carbocycles. The highest BCUT2D eigenvalue weighted by atomic mass is 16.4. The van der Waals surface area contributed by atoms with Crippen LogP contribution in [0.2, 0.25) is 0 Å². The summed E-state index contributed by atoms with van der Waals surface area (Å²) >= 11 is 0. The van der Waals surface area contributed by atoms with Crippen LogP contribution in [0.4, 0.5) is 0 Å². The summed E-state index contributed by atoms with van der Waals surface area (Å²) in [5.41, 5.74) is 2.56. The minimum atomic E-state index is -0.558. The molecule has 22 heavy (non-hydrogen) atoms. The van der Waals surface area contributed by atoms with Crippen LogP contribution in [-0.4, -0.2) is 11.1 Å². The maximum absolute atomic E-state index is 12.1. The molecule has 1 aromatic carbocycles. The van der Waals surface area contributed by atoms with Gasteiger partial charge < -0.3 is 5.11 Å². The van der Waals surface area contributed by atoms with Crippen molar-refractivity contribution in [3.05, 3.63) is 47.5 Å². The molecule has 4 aliphatic rings. The van der Waals surface area contributed by atoms with E-state index in [0.29, 0.717) is 11.8 Å². The Hall–Kier alpha value is -1.57. The lowest BCUT2D eigenvalue weighted by Crippen LogP contribution is -2.57. The van der Waals surface area contributed by atoms with E-state index in [1.165, 1.54) is 5.56 Å². The van der Waals surface area contributed by atoms with E-state index >= 15 is 0 Å². The Labute approximate surface area is 132 Å². The lowest BCUT2D eigenvalue weighted by atomic mass is 9.41. The van der Waals surface area contributed by atoms with Crippen molar-refractivity contribution in [2.24, 2.45) is 17.3 Å². The van der Waals surface area contributed by atoms with Gasteiger partial charge in [0.15, 0.2) is 0 Å². The summed E-state index contributed by atoms with van der Waals surface area (Å²) in [5, 5.41) is 9.94. The zero-order valence-electron chi connectivity index (χ0n) is 13.2. The van der Waals surface area contributed by atoms with Gasteiger partial charge in [0, 0.05) is 0 Å². The average molecular weight is 296 g/mol. The van der Waals surface area contributed by atoms with Crippen LogP contribution in [0, 0.1) is 17.3 Å². The minimum absolute atomic E-state index is 0.0938. The Balaban J connectivity index is 1.81. The van der Waals surface area contributed by atoms with Crippen LogP contribution in [0.1, 0.15) is 51.0 Å². The summed E-state index contributed by atoms with van der Waals surface area (Å²) < 4.78 is 0. The predicted octanol–water partition coefficient (Wildman–Crippen LogP) is 4.56. The number of hydrogen-bond acceptors (Lipinski definition) is 1. The summed E-state index contributed by atoms with van der Waals surface area (Å²) in [4.78, 5) is 12.1. The molecule has 5 rings (SSSR count). The topological polar surface area (TPSA) is 37.3 Å². The van der Waals surface area contributed by atoms with E-state index in [1.54, 1.807) is 5.57 Å². The highest BCUT2D eigenvalue weighted by Crippen LogP contribution is 2.67. The lowest BCUT2D eigenvalue weighted by molar-refractivity contribution is -0.162. The number of carbonyl (C=O) groups is 1. The first-order valence-electron chi connectivity index (χ1n) is 8.57. The van der Waals surface area contributed by atoms with E-state index in [1.807, 2.05) is 0 Å². The summed E-state index contributed by atoms with van der Waals surface area (Å²) in [7, 11) is 0. The number of carboxylic acid groups (broad SMARTS) is 1. The van der Waals surface area contributed by atoms with Crippen molar-refractivity contribution in [3.8, 4) is 0 Å². The maximum Gasteiger partial charge on any atom is 0.309 e. The number of carboxylic acids is 1. The van der Waals surface area contributed by atoms with Crippen molar-refractivity contribution in [3.63, 3.8) is 0 Å². The Morgan fingerprint density at radius 2 is 1.82 bits per heavy atom. The molecule has 1 aromatic rings. The van der Waals surface area contributed by atoms with E-state index in [2.05, 4.69) is 43.3 Å². The number of aliphatic carboxylic acids is 1. The third-order valence-corrected chi connectivity index (χ3v) is 6.45. The average Bonchev–Trinajstić information content (AvgIpc) is 2.51. The Bertz CT molecular complexity index is 610. The smallest absolute Gasteiger partial charge is 0.309 e. The molecule has 0 heterocycles. The highest BCUT2D eigenvalue weighted by Gasteiger charge is 2.62. The van der Waals surface area contributed by atoms with Gasteiger partial charge in [-0.1, -0.05) is 48.9 Å². The van der Waals surface area contributed by atoms with Crippen molar-refractivity contribution >= 4 is 5.97 Å². The van der Waals surface area contributed by atoms with Crippen molar-refractivity contribution in [1.29, 1.82) is 0 Å². The molecule has 2 nitrogen and oxygen atoms in total. The fourth-order valence-corrected chi connectivity index (χ4v) is 5.89. The SMILES string of the molecule is CCC=C1C2CC3(C(=O)O)CC1CC(c1ccccc1)(C2)C3. The fourth-order valence-electron chi connectivity index (χ4n) is 5.89. The molecule has 0 spiro atoms. The van der Waals surface area contributed by atoms with Crippen LogP contribution in [0.3, 0.4) is 0 Å². The number of allylic oxidation sites excluding steroid dienone is 2. The predicted molar refractivity (Wildman–Crippen MR) is 86.6 cm³/mol. The molecule has 4 fully saturated rings. The minimum Gasteiger partial charge on any atom is -0.481 e. The molecule has 4 aliphatic carbocycles. The van der Waals surface area contributed by atoms with Gasteiger partial charge in [0.2, 0.25) is 0 Å². The Morgan fingerprint density at radius 3 is 2.36 bits per heavy atom. The molecule has 2 heteroatoms. The normalized spacial score (nSPS) is 39.0. The third-order valence-electron chi connectivity index (χ3n) is 6.45. The summed E-state index contributed by atoms with van der Waals surface area (Å²) in [6.45, 7) is 2.19. The highest BCUT2D eigenvalue weighted by molar-refractivity contribution is 5.76. The molecule has 0 aliphatic heterocycles. The Kier molecular flexibility index (Phi) is 3.01. The van der Waals surface area contributed by atoms with Crippen LogP contribution >= 0.6 is 0 Å². The fraction of sp³-hybridized carbons (Fsp3) is 0.550. The van der Waals surface area contributed by atoms with Gasteiger partial charge in [-0.2, -0.15) is 0 Å². The van der Waals surface area contributed by atoms with E-state index in [-0.39, 0.29) is 5.41 Å². The molecular formula is C20H24O2. The van der Waals surface area contributed by atoms with Crippen LogP contribution < -0.4 is 0 Å². The first-order chi connectivity index (χ1) is 10.6. The molecule has 2 unspecified atom stereocenters.